The zero-order valence-electron chi connectivity index (χ0n) is 14.8. The number of piperidine rings is 1. The topological polar surface area (TPSA) is 50.5 Å². The van der Waals surface area contributed by atoms with E-state index in [4.69, 9.17) is 0 Å². The van der Waals surface area contributed by atoms with E-state index >= 15 is 0 Å². The van der Waals surface area contributed by atoms with Gasteiger partial charge in [0.15, 0.2) is 5.65 Å². The molecule has 1 aliphatic rings. The summed E-state index contributed by atoms with van der Waals surface area (Å²) >= 11 is 0. The van der Waals surface area contributed by atoms with Crippen molar-refractivity contribution >= 4 is 11.6 Å². The predicted molar refractivity (Wildman–Crippen MR) is 90.7 cm³/mol. The largest absolute Gasteiger partial charge is 0.339 e. The number of likely N-dealkylation sites (tertiary alicyclic amines) is 1. The standard InChI is InChI=1S/C18H26N4O/c1-12-6-8-21(9-7-12)17(23)14-11-19-16-10-15(18(3,4)5)20-22(16)13(14)2/h10-12H,6-9H2,1-5H3. The maximum Gasteiger partial charge on any atom is 0.257 e. The van der Waals surface area contributed by atoms with Crippen LogP contribution in [0.2, 0.25) is 0 Å². The highest BCUT2D eigenvalue weighted by atomic mass is 16.2. The summed E-state index contributed by atoms with van der Waals surface area (Å²) in [6.45, 7) is 12.3. The third-order valence-corrected chi connectivity index (χ3v) is 4.79. The molecule has 0 atom stereocenters. The lowest BCUT2D eigenvalue weighted by atomic mass is 9.93. The molecule has 0 aromatic carbocycles. The highest BCUT2D eigenvalue weighted by molar-refractivity contribution is 5.95. The fraction of sp³-hybridized carbons (Fsp3) is 0.611. The Morgan fingerprint density at radius 2 is 1.91 bits per heavy atom. The average molecular weight is 314 g/mol. The quantitative estimate of drug-likeness (QED) is 0.812. The number of aromatic nitrogens is 3. The van der Waals surface area contributed by atoms with Crippen molar-refractivity contribution in [1.82, 2.24) is 19.5 Å². The van der Waals surface area contributed by atoms with E-state index in [-0.39, 0.29) is 11.3 Å². The summed E-state index contributed by atoms with van der Waals surface area (Å²) in [5, 5.41) is 4.67. The number of hydrogen-bond acceptors (Lipinski definition) is 3. The van der Waals surface area contributed by atoms with Gasteiger partial charge in [0, 0.05) is 30.8 Å². The van der Waals surface area contributed by atoms with Gasteiger partial charge in [0.25, 0.3) is 5.91 Å². The molecule has 2 aromatic rings. The molecule has 1 fully saturated rings. The van der Waals surface area contributed by atoms with Crippen molar-refractivity contribution in [2.45, 2.75) is 52.9 Å². The summed E-state index contributed by atoms with van der Waals surface area (Å²) in [5.74, 6) is 0.790. The summed E-state index contributed by atoms with van der Waals surface area (Å²) in [6.07, 6.45) is 3.87. The zero-order chi connectivity index (χ0) is 16.8. The Bertz CT molecular complexity index is 733. The molecule has 1 amide bonds. The minimum atomic E-state index is -0.0344. The molecule has 2 aromatic heterocycles. The molecule has 0 unspecified atom stereocenters. The number of carbonyl (C=O) groups is 1. The number of nitrogens with zero attached hydrogens (tertiary/aromatic N) is 4. The Kier molecular flexibility index (Phi) is 3.90. The van der Waals surface area contributed by atoms with E-state index in [0.29, 0.717) is 11.5 Å². The van der Waals surface area contributed by atoms with Crippen LogP contribution in [0.5, 0.6) is 0 Å². The molecule has 0 N–H and O–H groups in total. The van der Waals surface area contributed by atoms with Crippen LogP contribution < -0.4 is 0 Å². The maximum atomic E-state index is 12.8. The Morgan fingerprint density at radius 1 is 1.26 bits per heavy atom. The van der Waals surface area contributed by atoms with Gasteiger partial charge in [-0.15, -0.1) is 0 Å². The van der Waals surface area contributed by atoms with Gasteiger partial charge in [0.2, 0.25) is 0 Å². The normalized spacial score (nSPS) is 17.0. The molecule has 5 nitrogen and oxygen atoms in total. The molecule has 124 valence electrons. The molecule has 3 rings (SSSR count). The number of aryl methyl sites for hydroxylation is 1. The Labute approximate surface area is 137 Å². The first-order valence-corrected chi connectivity index (χ1v) is 8.42. The van der Waals surface area contributed by atoms with Gasteiger partial charge in [-0.05, 0) is 25.7 Å². The highest BCUT2D eigenvalue weighted by Gasteiger charge is 2.25. The maximum absolute atomic E-state index is 12.8. The summed E-state index contributed by atoms with van der Waals surface area (Å²) < 4.78 is 1.81. The van der Waals surface area contributed by atoms with Crippen molar-refractivity contribution in [2.24, 2.45) is 5.92 Å². The highest BCUT2D eigenvalue weighted by Crippen LogP contribution is 2.24. The van der Waals surface area contributed by atoms with Crippen molar-refractivity contribution in [1.29, 1.82) is 0 Å². The van der Waals surface area contributed by atoms with Crippen molar-refractivity contribution in [3.05, 3.63) is 29.2 Å². The van der Waals surface area contributed by atoms with Crippen LogP contribution in [0.25, 0.3) is 5.65 Å². The van der Waals surface area contributed by atoms with Gasteiger partial charge in [-0.1, -0.05) is 27.7 Å². The molecule has 0 saturated carbocycles. The van der Waals surface area contributed by atoms with Gasteiger partial charge in [0.1, 0.15) is 0 Å². The van der Waals surface area contributed by atoms with E-state index in [9.17, 15) is 4.79 Å². The van der Waals surface area contributed by atoms with Gasteiger partial charge < -0.3 is 4.90 Å². The second kappa shape index (κ2) is 5.62. The van der Waals surface area contributed by atoms with E-state index in [1.165, 1.54) is 0 Å². The monoisotopic (exact) mass is 314 g/mol. The number of hydrogen-bond donors (Lipinski definition) is 0. The molecule has 1 aliphatic heterocycles. The lowest BCUT2D eigenvalue weighted by Crippen LogP contribution is -2.38. The molecular weight excluding hydrogens is 288 g/mol. The van der Waals surface area contributed by atoms with E-state index in [0.717, 1.165) is 43.0 Å². The molecule has 0 radical (unpaired) electrons. The van der Waals surface area contributed by atoms with Crippen LogP contribution in [-0.2, 0) is 5.41 Å². The summed E-state index contributed by atoms with van der Waals surface area (Å²) in [6, 6.07) is 2.00. The molecule has 0 bridgehead atoms. The Morgan fingerprint density at radius 3 is 2.52 bits per heavy atom. The van der Waals surface area contributed by atoms with Crippen molar-refractivity contribution < 1.29 is 4.79 Å². The van der Waals surface area contributed by atoms with E-state index in [1.807, 2.05) is 17.9 Å². The zero-order valence-corrected chi connectivity index (χ0v) is 14.8. The van der Waals surface area contributed by atoms with Crippen LogP contribution in [0, 0.1) is 12.8 Å². The smallest absolute Gasteiger partial charge is 0.257 e. The molecule has 1 saturated heterocycles. The van der Waals surface area contributed by atoms with Crippen molar-refractivity contribution in [2.75, 3.05) is 13.1 Å². The van der Waals surface area contributed by atoms with Gasteiger partial charge in [0.05, 0.1) is 17.0 Å². The van der Waals surface area contributed by atoms with Crippen molar-refractivity contribution in [3.8, 4) is 0 Å². The fourth-order valence-electron chi connectivity index (χ4n) is 3.01. The van der Waals surface area contributed by atoms with Gasteiger partial charge in [-0.25, -0.2) is 9.50 Å². The second-order valence-electron chi connectivity index (χ2n) is 7.78. The van der Waals surface area contributed by atoms with Crippen LogP contribution in [0.1, 0.15) is 62.3 Å². The minimum Gasteiger partial charge on any atom is -0.339 e. The molecular formula is C18H26N4O. The molecule has 0 aliphatic carbocycles. The third kappa shape index (κ3) is 2.96. The third-order valence-electron chi connectivity index (χ3n) is 4.79. The molecule has 3 heterocycles. The van der Waals surface area contributed by atoms with Crippen LogP contribution in [0.3, 0.4) is 0 Å². The van der Waals surface area contributed by atoms with Gasteiger partial charge in [-0.3, -0.25) is 4.79 Å². The van der Waals surface area contributed by atoms with E-state index < -0.39 is 0 Å². The summed E-state index contributed by atoms with van der Waals surface area (Å²) in [7, 11) is 0. The van der Waals surface area contributed by atoms with Crippen molar-refractivity contribution in [3.63, 3.8) is 0 Å². The number of carbonyl (C=O) groups excluding carboxylic acids is 1. The fourth-order valence-corrected chi connectivity index (χ4v) is 3.01. The van der Waals surface area contributed by atoms with Crippen LogP contribution >= 0.6 is 0 Å². The van der Waals surface area contributed by atoms with Crippen LogP contribution in [-0.4, -0.2) is 38.5 Å². The average Bonchev–Trinajstić information content (AvgIpc) is 2.93. The minimum absolute atomic E-state index is 0.0344. The Hall–Kier alpha value is -1.91. The lowest BCUT2D eigenvalue weighted by molar-refractivity contribution is 0.0695. The summed E-state index contributed by atoms with van der Waals surface area (Å²) in [4.78, 5) is 19.2. The second-order valence-corrected chi connectivity index (χ2v) is 7.78. The molecule has 5 heteroatoms. The Balaban J connectivity index is 1.95. The van der Waals surface area contributed by atoms with Crippen LogP contribution in [0.4, 0.5) is 0 Å². The summed E-state index contributed by atoms with van der Waals surface area (Å²) in [5.41, 5.74) is 3.29. The number of rotatable bonds is 1. The number of amides is 1. The number of fused-ring (bicyclic) bond motifs is 1. The van der Waals surface area contributed by atoms with Gasteiger partial charge in [-0.2, -0.15) is 5.10 Å². The predicted octanol–water partition coefficient (Wildman–Crippen LogP) is 3.21. The SMILES string of the molecule is Cc1c(C(=O)N2CCC(C)CC2)cnc2cc(C(C)(C)C)nn12. The first kappa shape index (κ1) is 16.0. The van der Waals surface area contributed by atoms with E-state index in [1.54, 1.807) is 10.7 Å². The van der Waals surface area contributed by atoms with E-state index in [2.05, 4.69) is 37.8 Å². The lowest BCUT2D eigenvalue weighted by Gasteiger charge is -2.30. The molecule has 23 heavy (non-hydrogen) atoms. The first-order chi connectivity index (χ1) is 10.8. The van der Waals surface area contributed by atoms with Crippen LogP contribution in [0.15, 0.2) is 12.3 Å². The van der Waals surface area contributed by atoms with Gasteiger partial charge >= 0.3 is 0 Å². The first-order valence-electron chi connectivity index (χ1n) is 8.42. The molecule has 0 spiro atoms.